The normalized spacial score (nSPS) is 19.8. The Hall–Kier alpha value is -1.88. The highest BCUT2D eigenvalue weighted by Crippen LogP contribution is 2.41. The molecular formula is C18H24N2O3. The Kier molecular flexibility index (Phi) is 4.39. The van der Waals surface area contributed by atoms with Gasteiger partial charge in [-0.2, -0.15) is 0 Å². The van der Waals surface area contributed by atoms with Gasteiger partial charge in [0.2, 0.25) is 5.91 Å². The molecule has 1 spiro atoms. The average Bonchev–Trinajstić information content (AvgIpc) is 2.59. The van der Waals surface area contributed by atoms with E-state index in [0.29, 0.717) is 26.2 Å². The number of aryl methyl sites for hydroxylation is 1. The minimum atomic E-state index is -0.224. The Balaban J connectivity index is 1.56. The number of rotatable bonds is 4. The number of carbonyl (C=O) groups excluding carboxylic acids is 2. The second-order valence-electron chi connectivity index (χ2n) is 6.66. The molecule has 0 radical (unpaired) electrons. The summed E-state index contributed by atoms with van der Waals surface area (Å²) >= 11 is 0. The molecule has 124 valence electrons. The number of ether oxygens (including phenoxy) is 1. The van der Waals surface area contributed by atoms with E-state index in [4.69, 9.17) is 4.74 Å². The summed E-state index contributed by atoms with van der Waals surface area (Å²) in [7, 11) is 1.65. The first-order valence-corrected chi connectivity index (χ1v) is 8.20. The summed E-state index contributed by atoms with van der Waals surface area (Å²) in [5, 5.41) is 0. The molecule has 5 heteroatoms. The molecule has 0 bridgehead atoms. The number of piperidine rings is 1. The third-order valence-electron chi connectivity index (χ3n) is 5.11. The predicted molar refractivity (Wildman–Crippen MR) is 87.2 cm³/mol. The number of amides is 2. The summed E-state index contributed by atoms with van der Waals surface area (Å²) in [4.78, 5) is 28.7. The third-order valence-corrected chi connectivity index (χ3v) is 5.11. The lowest BCUT2D eigenvalue weighted by atomic mass is 9.71. The van der Waals surface area contributed by atoms with Crippen LogP contribution in [0.2, 0.25) is 0 Å². The first kappa shape index (κ1) is 16.0. The number of carbonyl (C=O) groups is 2. The van der Waals surface area contributed by atoms with Crippen molar-refractivity contribution < 1.29 is 14.3 Å². The van der Waals surface area contributed by atoms with E-state index >= 15 is 0 Å². The molecule has 0 saturated carbocycles. The number of methoxy groups -OCH3 is 1. The van der Waals surface area contributed by atoms with Crippen molar-refractivity contribution in [3.05, 3.63) is 35.4 Å². The van der Waals surface area contributed by atoms with Gasteiger partial charge in [-0.15, -0.1) is 0 Å². The highest BCUT2D eigenvalue weighted by atomic mass is 16.5. The van der Waals surface area contributed by atoms with Gasteiger partial charge in [-0.05, 0) is 31.9 Å². The van der Waals surface area contributed by atoms with Crippen LogP contribution in [0.1, 0.15) is 28.8 Å². The number of likely N-dealkylation sites (tertiary alicyclic amines) is 2. The zero-order chi connectivity index (χ0) is 16.4. The van der Waals surface area contributed by atoms with Crippen LogP contribution in [-0.2, 0) is 9.53 Å². The molecule has 0 atom stereocenters. The lowest BCUT2D eigenvalue weighted by Crippen LogP contribution is -2.65. The molecule has 1 aromatic carbocycles. The fourth-order valence-corrected chi connectivity index (χ4v) is 3.52. The van der Waals surface area contributed by atoms with E-state index < -0.39 is 0 Å². The highest BCUT2D eigenvalue weighted by Gasteiger charge is 2.53. The van der Waals surface area contributed by atoms with E-state index in [0.717, 1.165) is 30.5 Å². The van der Waals surface area contributed by atoms with E-state index in [1.165, 1.54) is 0 Å². The van der Waals surface area contributed by atoms with E-state index in [1.54, 1.807) is 7.11 Å². The topological polar surface area (TPSA) is 49.9 Å². The van der Waals surface area contributed by atoms with Crippen LogP contribution in [0, 0.1) is 12.3 Å². The van der Waals surface area contributed by atoms with Gasteiger partial charge >= 0.3 is 0 Å². The van der Waals surface area contributed by atoms with Crippen LogP contribution < -0.4 is 0 Å². The second-order valence-corrected chi connectivity index (χ2v) is 6.66. The number of benzene rings is 1. The smallest absolute Gasteiger partial charge is 0.253 e. The minimum Gasteiger partial charge on any atom is -0.383 e. The predicted octanol–water partition coefficient (Wildman–Crippen LogP) is 1.71. The molecule has 2 aliphatic heterocycles. The lowest BCUT2D eigenvalue weighted by molar-refractivity contribution is -0.165. The van der Waals surface area contributed by atoms with Gasteiger partial charge in [0.1, 0.15) is 0 Å². The Morgan fingerprint density at radius 1 is 1.22 bits per heavy atom. The molecule has 1 aromatic rings. The summed E-state index contributed by atoms with van der Waals surface area (Å²) in [6.07, 6.45) is 1.54. The van der Waals surface area contributed by atoms with Gasteiger partial charge in [0.05, 0.1) is 12.0 Å². The van der Waals surface area contributed by atoms with Crippen molar-refractivity contribution in [3.8, 4) is 0 Å². The van der Waals surface area contributed by atoms with Gasteiger partial charge in [0.25, 0.3) is 5.91 Å². The Labute approximate surface area is 137 Å². The average molecular weight is 316 g/mol. The van der Waals surface area contributed by atoms with Gasteiger partial charge in [0.15, 0.2) is 0 Å². The molecule has 2 heterocycles. The van der Waals surface area contributed by atoms with Crippen LogP contribution in [0.5, 0.6) is 0 Å². The lowest BCUT2D eigenvalue weighted by Gasteiger charge is -2.52. The first-order chi connectivity index (χ1) is 11.1. The van der Waals surface area contributed by atoms with Crippen LogP contribution in [0.15, 0.2) is 24.3 Å². The van der Waals surface area contributed by atoms with E-state index in [2.05, 4.69) is 0 Å². The maximum absolute atomic E-state index is 12.5. The molecule has 0 aromatic heterocycles. The third kappa shape index (κ3) is 2.98. The maximum atomic E-state index is 12.5. The largest absolute Gasteiger partial charge is 0.383 e. The van der Waals surface area contributed by atoms with Gasteiger partial charge in [-0.1, -0.05) is 17.7 Å². The standard InChI is InChI=1S/C18H24N2O3/c1-14-3-5-15(6-4-14)16(21)19-9-7-18(8-10-19)13-20(17(18)22)11-12-23-2/h3-6H,7-13H2,1-2H3. The second kappa shape index (κ2) is 6.32. The van der Waals surface area contributed by atoms with Crippen LogP contribution >= 0.6 is 0 Å². The Bertz CT molecular complexity index is 589. The fraction of sp³-hybridized carbons (Fsp3) is 0.556. The molecule has 2 saturated heterocycles. The van der Waals surface area contributed by atoms with Crippen molar-refractivity contribution in [3.63, 3.8) is 0 Å². The molecule has 3 rings (SSSR count). The van der Waals surface area contributed by atoms with Crippen LogP contribution in [0.4, 0.5) is 0 Å². The van der Waals surface area contributed by atoms with E-state index in [-0.39, 0.29) is 17.2 Å². The van der Waals surface area contributed by atoms with E-state index in [9.17, 15) is 9.59 Å². The molecule has 0 aliphatic carbocycles. The minimum absolute atomic E-state index is 0.0721. The maximum Gasteiger partial charge on any atom is 0.253 e. The summed E-state index contributed by atoms with van der Waals surface area (Å²) in [6.45, 7) is 5.40. The van der Waals surface area contributed by atoms with Crippen molar-refractivity contribution in [2.75, 3.05) is 39.9 Å². The number of hydrogen-bond acceptors (Lipinski definition) is 3. The van der Waals surface area contributed by atoms with Gasteiger partial charge < -0.3 is 14.5 Å². The van der Waals surface area contributed by atoms with Crippen LogP contribution in [0.25, 0.3) is 0 Å². The van der Waals surface area contributed by atoms with Crippen molar-refractivity contribution >= 4 is 11.8 Å². The molecule has 0 unspecified atom stereocenters. The number of β-lactam (4-membered cyclic amide) rings is 1. The zero-order valence-electron chi connectivity index (χ0n) is 13.9. The Morgan fingerprint density at radius 3 is 2.43 bits per heavy atom. The molecule has 2 aliphatic rings. The molecule has 0 N–H and O–H groups in total. The van der Waals surface area contributed by atoms with Gasteiger partial charge in [-0.3, -0.25) is 9.59 Å². The quantitative estimate of drug-likeness (QED) is 0.795. The summed E-state index contributed by atoms with van der Waals surface area (Å²) in [5.41, 5.74) is 1.65. The summed E-state index contributed by atoms with van der Waals surface area (Å²) < 4.78 is 5.03. The highest BCUT2D eigenvalue weighted by molar-refractivity contribution is 5.95. The van der Waals surface area contributed by atoms with Crippen LogP contribution in [-0.4, -0.2) is 61.5 Å². The van der Waals surface area contributed by atoms with Crippen LogP contribution in [0.3, 0.4) is 0 Å². The number of nitrogens with zero attached hydrogens (tertiary/aromatic N) is 2. The molecular weight excluding hydrogens is 292 g/mol. The zero-order valence-corrected chi connectivity index (χ0v) is 13.9. The van der Waals surface area contributed by atoms with Crippen molar-refractivity contribution in [2.45, 2.75) is 19.8 Å². The SMILES string of the molecule is COCCN1CC2(CCN(C(=O)c3ccc(C)cc3)CC2)C1=O. The van der Waals surface area contributed by atoms with Crippen molar-refractivity contribution in [1.29, 1.82) is 0 Å². The molecule has 2 amide bonds. The van der Waals surface area contributed by atoms with Crippen molar-refractivity contribution in [1.82, 2.24) is 9.80 Å². The Morgan fingerprint density at radius 2 is 1.87 bits per heavy atom. The summed E-state index contributed by atoms with van der Waals surface area (Å²) in [5.74, 6) is 0.305. The van der Waals surface area contributed by atoms with Gasteiger partial charge in [-0.25, -0.2) is 0 Å². The fourth-order valence-electron chi connectivity index (χ4n) is 3.52. The molecule has 23 heavy (non-hydrogen) atoms. The first-order valence-electron chi connectivity index (χ1n) is 8.20. The number of hydrogen-bond donors (Lipinski definition) is 0. The monoisotopic (exact) mass is 316 g/mol. The molecule has 2 fully saturated rings. The van der Waals surface area contributed by atoms with Crippen molar-refractivity contribution in [2.24, 2.45) is 5.41 Å². The van der Waals surface area contributed by atoms with Gasteiger partial charge in [0, 0.05) is 38.9 Å². The van der Waals surface area contributed by atoms with E-state index in [1.807, 2.05) is 41.0 Å². The molecule has 5 nitrogen and oxygen atoms in total. The summed E-state index contributed by atoms with van der Waals surface area (Å²) in [6, 6.07) is 7.68.